The molecule has 4 nitrogen and oxygen atoms in total. The van der Waals surface area contributed by atoms with E-state index in [4.69, 9.17) is 0 Å². The second-order valence-corrected chi connectivity index (χ2v) is 11.7. The van der Waals surface area contributed by atoms with Crippen molar-refractivity contribution >= 4 is 0 Å². The molecule has 2 aromatic rings. The van der Waals surface area contributed by atoms with Crippen LogP contribution in [0.2, 0.25) is 0 Å². The zero-order valence-corrected chi connectivity index (χ0v) is 19.6. The van der Waals surface area contributed by atoms with Crippen LogP contribution in [0.25, 0.3) is 0 Å². The average Bonchev–Trinajstić information content (AvgIpc) is 3.04. The Hall–Kier alpha value is -1.71. The zero-order valence-electron chi connectivity index (χ0n) is 19.6. The first-order chi connectivity index (χ1) is 12.7. The van der Waals surface area contributed by atoms with E-state index in [0.717, 1.165) is 12.2 Å². The summed E-state index contributed by atoms with van der Waals surface area (Å²) in [6, 6.07) is 11.0. The van der Waals surface area contributed by atoms with Gasteiger partial charge in [0.05, 0.1) is 0 Å². The van der Waals surface area contributed by atoms with Crippen molar-refractivity contribution in [3.8, 4) is 0 Å². The fourth-order valence-electron chi connectivity index (χ4n) is 4.99. The average molecular weight is 385 g/mol. The van der Waals surface area contributed by atoms with Crippen molar-refractivity contribution < 1.29 is 0 Å². The van der Waals surface area contributed by atoms with Crippen molar-refractivity contribution in [3.05, 3.63) is 41.7 Å². The fourth-order valence-corrected chi connectivity index (χ4v) is 4.99. The van der Waals surface area contributed by atoms with Crippen LogP contribution in [0.5, 0.6) is 0 Å². The van der Waals surface area contributed by atoms with E-state index >= 15 is 0 Å². The van der Waals surface area contributed by atoms with E-state index in [1.165, 1.54) is 5.56 Å². The Morgan fingerprint density at radius 2 is 1.39 bits per heavy atom. The van der Waals surface area contributed by atoms with E-state index in [0.29, 0.717) is 5.92 Å². The number of aromatic amines is 1. The number of aromatic nitrogens is 4. The van der Waals surface area contributed by atoms with Gasteiger partial charge in [-0.05, 0) is 39.6 Å². The molecule has 1 aromatic carbocycles. The summed E-state index contributed by atoms with van der Waals surface area (Å²) in [5, 5.41) is 15.4. The molecule has 0 aliphatic heterocycles. The molecule has 0 saturated carbocycles. The second-order valence-electron chi connectivity index (χ2n) is 11.7. The molecule has 28 heavy (non-hydrogen) atoms. The maximum absolute atomic E-state index is 4.42. The lowest BCUT2D eigenvalue weighted by Gasteiger charge is -2.54. The van der Waals surface area contributed by atoms with Gasteiger partial charge in [0, 0.05) is 5.92 Å². The Morgan fingerprint density at radius 1 is 0.821 bits per heavy atom. The molecule has 1 N–H and O–H groups in total. The van der Waals surface area contributed by atoms with E-state index < -0.39 is 0 Å². The van der Waals surface area contributed by atoms with E-state index in [2.05, 4.69) is 120 Å². The molecule has 0 amide bonds. The number of hydrogen-bond donors (Lipinski definition) is 1. The monoisotopic (exact) mass is 384 g/mol. The third kappa shape index (κ3) is 4.64. The summed E-state index contributed by atoms with van der Waals surface area (Å²) in [6.07, 6.45) is 1.12. The van der Waals surface area contributed by atoms with Crippen molar-refractivity contribution in [1.29, 1.82) is 0 Å². The molecule has 4 heteroatoms. The molecule has 0 bridgehead atoms. The number of nitrogens with one attached hydrogen (secondary N) is 1. The molecular formula is C24H40N4. The zero-order chi connectivity index (χ0) is 21.4. The normalized spacial score (nSPS) is 16.1. The number of H-pyrrole nitrogens is 1. The summed E-state index contributed by atoms with van der Waals surface area (Å²) in [4.78, 5) is 0. The van der Waals surface area contributed by atoms with Gasteiger partial charge >= 0.3 is 0 Å². The number of rotatable bonds is 6. The molecule has 1 heterocycles. The number of hydrogen-bond acceptors (Lipinski definition) is 3. The summed E-state index contributed by atoms with van der Waals surface area (Å²) < 4.78 is 0. The molecule has 2 rings (SSSR count). The van der Waals surface area contributed by atoms with Crippen LogP contribution in [0, 0.1) is 21.7 Å². The number of benzene rings is 1. The highest BCUT2D eigenvalue weighted by Crippen LogP contribution is 2.61. The molecule has 0 spiro atoms. The van der Waals surface area contributed by atoms with E-state index in [1.807, 2.05) is 0 Å². The summed E-state index contributed by atoms with van der Waals surface area (Å²) in [7, 11) is 0. The fraction of sp³-hybridized carbons (Fsp3) is 0.708. The van der Waals surface area contributed by atoms with Gasteiger partial charge in [0.2, 0.25) is 0 Å². The lowest BCUT2D eigenvalue weighted by Crippen LogP contribution is -2.47. The van der Waals surface area contributed by atoms with Crippen molar-refractivity contribution in [2.45, 2.75) is 87.5 Å². The summed E-state index contributed by atoms with van der Waals surface area (Å²) in [5.41, 5.74) is 1.59. The first-order valence-electron chi connectivity index (χ1n) is 10.5. The van der Waals surface area contributed by atoms with Crippen LogP contribution in [0.3, 0.4) is 0 Å². The SMILES string of the molecule is CC(C)(C)CC(c1ccccc1)C(C)(C)C(C)(C)C(c1nn[nH]n1)C(C)(C)C. The van der Waals surface area contributed by atoms with Crippen LogP contribution in [0.4, 0.5) is 0 Å². The van der Waals surface area contributed by atoms with E-state index in [1.54, 1.807) is 0 Å². The van der Waals surface area contributed by atoms with Gasteiger partial charge in [0.15, 0.2) is 5.82 Å². The molecule has 0 aliphatic carbocycles. The lowest BCUT2D eigenvalue weighted by molar-refractivity contribution is -0.00745. The van der Waals surface area contributed by atoms with Gasteiger partial charge in [0.25, 0.3) is 0 Å². The predicted octanol–water partition coefficient (Wildman–Crippen LogP) is 6.60. The van der Waals surface area contributed by atoms with Crippen molar-refractivity contribution in [3.63, 3.8) is 0 Å². The molecule has 0 fully saturated rings. The maximum Gasteiger partial charge on any atom is 0.178 e. The first-order valence-corrected chi connectivity index (χ1v) is 10.5. The molecule has 2 unspecified atom stereocenters. The van der Waals surface area contributed by atoms with Gasteiger partial charge in [-0.1, -0.05) is 105 Å². The van der Waals surface area contributed by atoms with E-state index in [9.17, 15) is 0 Å². The van der Waals surface area contributed by atoms with Crippen LogP contribution in [-0.4, -0.2) is 20.6 Å². The van der Waals surface area contributed by atoms with Gasteiger partial charge in [-0.3, -0.25) is 0 Å². The topological polar surface area (TPSA) is 54.5 Å². The van der Waals surface area contributed by atoms with Gasteiger partial charge in [-0.25, -0.2) is 0 Å². The molecule has 0 saturated heterocycles. The first kappa shape index (κ1) is 22.6. The third-order valence-electron chi connectivity index (χ3n) is 6.76. The Balaban J connectivity index is 2.60. The van der Waals surface area contributed by atoms with Crippen molar-refractivity contribution in [2.24, 2.45) is 21.7 Å². The van der Waals surface area contributed by atoms with Crippen molar-refractivity contribution in [2.75, 3.05) is 0 Å². The molecular weight excluding hydrogens is 344 g/mol. The van der Waals surface area contributed by atoms with Crippen LogP contribution in [0.1, 0.15) is 98.9 Å². The molecule has 0 radical (unpaired) electrons. The number of tetrazole rings is 1. The Kier molecular flexibility index (Phi) is 6.13. The Bertz CT molecular complexity index is 731. The largest absolute Gasteiger partial charge is 0.178 e. The van der Waals surface area contributed by atoms with Gasteiger partial charge in [-0.2, -0.15) is 5.21 Å². The maximum atomic E-state index is 4.42. The third-order valence-corrected chi connectivity index (χ3v) is 6.76. The van der Waals surface area contributed by atoms with Gasteiger partial charge < -0.3 is 0 Å². The standard InChI is InChI=1S/C24H40N4/c1-21(2,3)16-18(17-14-12-11-13-15-17)23(7,8)24(9,10)19(22(4,5)6)20-25-27-28-26-20/h11-15,18-19H,16H2,1-10H3,(H,25,26,27,28). The quantitative estimate of drug-likeness (QED) is 0.610. The molecule has 156 valence electrons. The summed E-state index contributed by atoms with van der Waals surface area (Å²) in [5.74, 6) is 1.40. The van der Waals surface area contributed by atoms with Crippen LogP contribution in [-0.2, 0) is 0 Å². The molecule has 2 atom stereocenters. The highest BCUT2D eigenvalue weighted by atomic mass is 15.5. The van der Waals surface area contributed by atoms with Crippen LogP contribution >= 0.6 is 0 Å². The van der Waals surface area contributed by atoms with Crippen molar-refractivity contribution in [1.82, 2.24) is 20.6 Å². The van der Waals surface area contributed by atoms with E-state index in [-0.39, 0.29) is 27.6 Å². The minimum absolute atomic E-state index is 0.000208. The van der Waals surface area contributed by atoms with Crippen LogP contribution < -0.4 is 0 Å². The predicted molar refractivity (Wildman–Crippen MR) is 117 cm³/mol. The van der Waals surface area contributed by atoms with Crippen LogP contribution in [0.15, 0.2) is 30.3 Å². The molecule has 0 aliphatic rings. The minimum Gasteiger partial charge on any atom is -0.177 e. The second kappa shape index (κ2) is 7.61. The summed E-state index contributed by atoms with van der Waals surface area (Å²) >= 11 is 0. The smallest absolute Gasteiger partial charge is 0.177 e. The highest BCUT2D eigenvalue weighted by Gasteiger charge is 2.53. The molecule has 1 aromatic heterocycles. The minimum atomic E-state index is -0.0686. The Labute approximate surface area is 171 Å². The lowest BCUT2D eigenvalue weighted by atomic mass is 9.49. The number of nitrogens with zero attached hydrogens (tertiary/aromatic N) is 3. The highest BCUT2D eigenvalue weighted by molar-refractivity contribution is 5.25. The van der Waals surface area contributed by atoms with Gasteiger partial charge in [-0.15, -0.1) is 10.2 Å². The Morgan fingerprint density at radius 3 is 1.82 bits per heavy atom. The summed E-state index contributed by atoms with van der Waals surface area (Å²) in [6.45, 7) is 23.5. The van der Waals surface area contributed by atoms with Gasteiger partial charge in [0.1, 0.15) is 0 Å².